The van der Waals surface area contributed by atoms with Crippen LogP contribution in [0.4, 0.5) is 5.82 Å². The zero-order chi connectivity index (χ0) is 14.1. The Hall–Kier alpha value is -1.13. The monoisotopic (exact) mass is 265 g/mol. The molecule has 4 heteroatoms. The van der Waals surface area contributed by atoms with E-state index in [1.807, 2.05) is 0 Å². The van der Waals surface area contributed by atoms with E-state index in [-0.39, 0.29) is 0 Å². The van der Waals surface area contributed by atoms with E-state index >= 15 is 0 Å². The van der Waals surface area contributed by atoms with Crippen LogP contribution in [-0.4, -0.2) is 37.8 Å². The molecule has 1 N–H and O–H groups in total. The molecule has 4 nitrogen and oxygen atoms in total. The van der Waals surface area contributed by atoms with Crippen molar-refractivity contribution < 1.29 is 4.74 Å². The third kappa shape index (κ3) is 5.57. The summed E-state index contributed by atoms with van der Waals surface area (Å²) in [7, 11) is 1.73. The number of nitrogens with zero attached hydrogens (tertiary/aromatic N) is 2. The molecule has 108 valence electrons. The second kappa shape index (κ2) is 8.88. The Kier molecular flexibility index (Phi) is 7.45. The van der Waals surface area contributed by atoms with Gasteiger partial charge in [-0.1, -0.05) is 13.0 Å². The summed E-state index contributed by atoms with van der Waals surface area (Å²) in [5.74, 6) is 1.03. The molecule has 1 aromatic heterocycles. The number of hydrogen-bond donors (Lipinski definition) is 1. The maximum atomic E-state index is 5.17. The van der Waals surface area contributed by atoms with Gasteiger partial charge >= 0.3 is 0 Å². The number of hydrogen-bond acceptors (Lipinski definition) is 4. The lowest BCUT2D eigenvalue weighted by atomic mass is 10.2. The van der Waals surface area contributed by atoms with Crippen molar-refractivity contribution in [2.45, 2.75) is 39.8 Å². The first-order valence-electron chi connectivity index (χ1n) is 7.11. The quantitative estimate of drug-likeness (QED) is 0.696. The van der Waals surface area contributed by atoms with E-state index in [9.17, 15) is 0 Å². The highest BCUT2D eigenvalue weighted by Crippen LogP contribution is 2.14. The van der Waals surface area contributed by atoms with Gasteiger partial charge < -0.3 is 15.0 Å². The van der Waals surface area contributed by atoms with Crippen molar-refractivity contribution in [2.75, 3.05) is 31.7 Å². The molecule has 0 fully saturated rings. The highest BCUT2D eigenvalue weighted by Gasteiger charge is 2.11. The first kappa shape index (κ1) is 15.9. The number of rotatable bonds is 9. The summed E-state index contributed by atoms with van der Waals surface area (Å²) < 4.78 is 5.17. The zero-order valence-electron chi connectivity index (χ0n) is 12.6. The summed E-state index contributed by atoms with van der Waals surface area (Å²) in [6.07, 6.45) is 1.14. The van der Waals surface area contributed by atoms with Crippen LogP contribution in [0, 0.1) is 0 Å². The van der Waals surface area contributed by atoms with Crippen molar-refractivity contribution in [3.05, 3.63) is 23.9 Å². The highest BCUT2D eigenvalue weighted by atomic mass is 16.5. The fourth-order valence-electron chi connectivity index (χ4n) is 1.95. The van der Waals surface area contributed by atoms with Crippen LogP contribution in [0.25, 0.3) is 0 Å². The van der Waals surface area contributed by atoms with Gasteiger partial charge in [-0.3, -0.25) is 0 Å². The summed E-state index contributed by atoms with van der Waals surface area (Å²) in [5.41, 5.74) is 1.09. The normalized spacial score (nSPS) is 11.0. The number of nitrogens with one attached hydrogen (secondary N) is 1. The van der Waals surface area contributed by atoms with E-state index < -0.39 is 0 Å². The third-order valence-corrected chi connectivity index (χ3v) is 2.98. The molecule has 0 saturated heterocycles. The van der Waals surface area contributed by atoms with Crippen molar-refractivity contribution in [1.29, 1.82) is 0 Å². The number of aromatic nitrogens is 1. The summed E-state index contributed by atoms with van der Waals surface area (Å²) in [6, 6.07) is 6.63. The van der Waals surface area contributed by atoms with Crippen LogP contribution < -0.4 is 10.2 Å². The molecule has 0 unspecified atom stereocenters. The van der Waals surface area contributed by atoms with Crippen LogP contribution in [-0.2, 0) is 11.3 Å². The van der Waals surface area contributed by atoms with Gasteiger partial charge in [0, 0.05) is 26.2 Å². The molecule has 0 atom stereocenters. The second-order valence-corrected chi connectivity index (χ2v) is 4.94. The summed E-state index contributed by atoms with van der Waals surface area (Å²) in [6.45, 7) is 9.98. The van der Waals surface area contributed by atoms with Gasteiger partial charge in [-0.15, -0.1) is 0 Å². The molecule has 1 rings (SSSR count). The number of pyridine rings is 1. The zero-order valence-corrected chi connectivity index (χ0v) is 12.6. The van der Waals surface area contributed by atoms with Gasteiger partial charge in [-0.05, 0) is 38.9 Å². The molecule has 0 aliphatic rings. The van der Waals surface area contributed by atoms with E-state index in [0.29, 0.717) is 6.04 Å². The predicted molar refractivity (Wildman–Crippen MR) is 80.6 cm³/mol. The highest BCUT2D eigenvalue weighted by molar-refractivity contribution is 5.40. The maximum absolute atomic E-state index is 5.17. The van der Waals surface area contributed by atoms with Crippen molar-refractivity contribution in [3.8, 4) is 0 Å². The van der Waals surface area contributed by atoms with Crippen LogP contribution in [0.3, 0.4) is 0 Å². The maximum Gasteiger partial charge on any atom is 0.129 e. The Bertz CT molecular complexity index is 355. The Morgan fingerprint density at radius 3 is 2.79 bits per heavy atom. The van der Waals surface area contributed by atoms with Crippen LogP contribution >= 0.6 is 0 Å². The number of ether oxygens (including phenoxy) is 1. The van der Waals surface area contributed by atoms with E-state index in [1.165, 1.54) is 0 Å². The predicted octanol–water partition coefficient (Wildman–Crippen LogP) is 2.44. The van der Waals surface area contributed by atoms with Crippen LogP contribution in [0.1, 0.15) is 32.9 Å². The lowest BCUT2D eigenvalue weighted by molar-refractivity contribution is 0.203. The molecule has 0 aliphatic carbocycles. The fraction of sp³-hybridized carbons (Fsp3) is 0.667. The largest absolute Gasteiger partial charge is 0.383 e. The van der Waals surface area contributed by atoms with Gasteiger partial charge in [0.25, 0.3) is 0 Å². The molecular weight excluding hydrogens is 238 g/mol. The molecular formula is C15H27N3O. The standard InChI is InChI=1S/C15H27N3O/c1-5-9-16-12-14-7-6-8-15(17-14)18(13(2)3)10-11-19-4/h6-8,13,16H,5,9-12H2,1-4H3. The Morgan fingerprint density at radius 2 is 2.16 bits per heavy atom. The summed E-state index contributed by atoms with van der Waals surface area (Å²) >= 11 is 0. The van der Waals surface area contributed by atoms with E-state index in [0.717, 1.165) is 44.2 Å². The first-order chi connectivity index (χ1) is 9.19. The summed E-state index contributed by atoms with van der Waals surface area (Å²) in [4.78, 5) is 7.00. The van der Waals surface area contributed by atoms with Gasteiger partial charge in [0.1, 0.15) is 5.82 Å². The molecule has 1 heterocycles. The lowest BCUT2D eigenvalue weighted by Crippen LogP contribution is -2.34. The average Bonchev–Trinajstić information content (AvgIpc) is 2.40. The smallest absolute Gasteiger partial charge is 0.129 e. The van der Waals surface area contributed by atoms with Crippen LogP contribution in [0.5, 0.6) is 0 Å². The van der Waals surface area contributed by atoms with Gasteiger partial charge in [-0.2, -0.15) is 0 Å². The molecule has 0 radical (unpaired) electrons. The molecule has 19 heavy (non-hydrogen) atoms. The molecule has 0 saturated carbocycles. The fourth-order valence-corrected chi connectivity index (χ4v) is 1.95. The Labute approximate surface area is 117 Å². The van der Waals surface area contributed by atoms with Gasteiger partial charge in [0.15, 0.2) is 0 Å². The lowest BCUT2D eigenvalue weighted by Gasteiger charge is -2.28. The van der Waals surface area contributed by atoms with Crippen LogP contribution in [0.15, 0.2) is 18.2 Å². The SMILES string of the molecule is CCCNCc1cccc(N(CCOC)C(C)C)n1. The van der Waals surface area contributed by atoms with Crippen molar-refractivity contribution in [3.63, 3.8) is 0 Å². The molecule has 0 bridgehead atoms. The minimum absolute atomic E-state index is 0.418. The van der Waals surface area contributed by atoms with Crippen LogP contribution in [0.2, 0.25) is 0 Å². The van der Waals surface area contributed by atoms with Crippen molar-refractivity contribution in [1.82, 2.24) is 10.3 Å². The van der Waals surface area contributed by atoms with E-state index in [2.05, 4.69) is 49.2 Å². The molecule has 0 amide bonds. The van der Waals surface area contributed by atoms with E-state index in [4.69, 9.17) is 9.72 Å². The number of anilines is 1. The van der Waals surface area contributed by atoms with Gasteiger partial charge in [0.2, 0.25) is 0 Å². The minimum Gasteiger partial charge on any atom is -0.383 e. The minimum atomic E-state index is 0.418. The molecule has 0 aliphatic heterocycles. The van der Waals surface area contributed by atoms with Crippen molar-refractivity contribution in [2.24, 2.45) is 0 Å². The number of methoxy groups -OCH3 is 1. The van der Waals surface area contributed by atoms with Crippen molar-refractivity contribution >= 4 is 5.82 Å². The van der Waals surface area contributed by atoms with Gasteiger partial charge in [-0.25, -0.2) is 4.98 Å². The molecule has 0 spiro atoms. The Balaban J connectivity index is 2.70. The summed E-state index contributed by atoms with van der Waals surface area (Å²) in [5, 5.41) is 3.38. The van der Waals surface area contributed by atoms with Gasteiger partial charge in [0.05, 0.1) is 12.3 Å². The second-order valence-electron chi connectivity index (χ2n) is 4.94. The topological polar surface area (TPSA) is 37.4 Å². The molecule has 1 aromatic rings. The Morgan fingerprint density at radius 1 is 1.37 bits per heavy atom. The molecule has 0 aromatic carbocycles. The average molecular weight is 265 g/mol. The first-order valence-corrected chi connectivity index (χ1v) is 7.11. The third-order valence-electron chi connectivity index (χ3n) is 2.98. The van der Waals surface area contributed by atoms with E-state index in [1.54, 1.807) is 7.11 Å².